The number of nitrogens with two attached hydrogens (primary N) is 2. The van der Waals surface area contributed by atoms with Crippen molar-refractivity contribution in [3.8, 4) is 6.07 Å². The monoisotopic (exact) mass is 232 g/mol. The zero-order valence-corrected chi connectivity index (χ0v) is 9.81. The van der Waals surface area contributed by atoms with E-state index < -0.39 is 0 Å². The third-order valence-corrected chi connectivity index (χ3v) is 2.39. The van der Waals surface area contributed by atoms with E-state index in [1.807, 2.05) is 13.0 Å². The molecule has 1 rings (SSSR count). The lowest BCUT2D eigenvalue weighted by Crippen LogP contribution is -2.31. The SMILES string of the molecule is CCN(CCC#N)C(=O)c1cc(N)cc(N)c1. The van der Waals surface area contributed by atoms with Gasteiger partial charge in [-0.1, -0.05) is 0 Å². The molecule has 0 unspecified atom stereocenters. The average molecular weight is 232 g/mol. The summed E-state index contributed by atoms with van der Waals surface area (Å²) < 4.78 is 0. The van der Waals surface area contributed by atoms with Gasteiger partial charge in [-0.3, -0.25) is 4.79 Å². The number of nitrogens with zero attached hydrogens (tertiary/aromatic N) is 2. The van der Waals surface area contributed by atoms with Crippen molar-refractivity contribution in [1.82, 2.24) is 4.90 Å². The summed E-state index contributed by atoms with van der Waals surface area (Å²) in [6, 6.07) is 6.80. The Balaban J connectivity index is 2.90. The average Bonchev–Trinajstić information content (AvgIpc) is 2.28. The topological polar surface area (TPSA) is 96.1 Å². The van der Waals surface area contributed by atoms with Crippen LogP contribution in [0.5, 0.6) is 0 Å². The molecule has 0 spiro atoms. The van der Waals surface area contributed by atoms with Crippen molar-refractivity contribution in [3.63, 3.8) is 0 Å². The fourth-order valence-corrected chi connectivity index (χ4v) is 1.57. The molecular formula is C12H16N4O. The number of amides is 1. The van der Waals surface area contributed by atoms with Gasteiger partial charge in [-0.15, -0.1) is 0 Å². The molecule has 0 radical (unpaired) electrons. The maximum absolute atomic E-state index is 12.1. The van der Waals surface area contributed by atoms with Gasteiger partial charge in [-0.2, -0.15) is 5.26 Å². The Hall–Kier alpha value is -2.22. The lowest BCUT2D eigenvalue weighted by Gasteiger charge is -2.19. The fraction of sp³-hybridized carbons (Fsp3) is 0.333. The molecule has 0 aliphatic carbocycles. The van der Waals surface area contributed by atoms with Crippen LogP contribution in [0.15, 0.2) is 18.2 Å². The normalized spacial score (nSPS) is 9.65. The summed E-state index contributed by atoms with van der Waals surface area (Å²) in [6.45, 7) is 2.83. The van der Waals surface area contributed by atoms with Crippen LogP contribution in [0.4, 0.5) is 11.4 Å². The Morgan fingerprint density at radius 1 is 1.35 bits per heavy atom. The number of nitriles is 1. The minimum atomic E-state index is -0.151. The van der Waals surface area contributed by atoms with E-state index in [2.05, 4.69) is 0 Å². The van der Waals surface area contributed by atoms with Crippen molar-refractivity contribution in [2.24, 2.45) is 0 Å². The Labute approximate surface area is 101 Å². The van der Waals surface area contributed by atoms with E-state index in [0.29, 0.717) is 36.4 Å². The molecule has 1 aromatic carbocycles. The van der Waals surface area contributed by atoms with E-state index in [4.69, 9.17) is 16.7 Å². The number of rotatable bonds is 4. The van der Waals surface area contributed by atoms with E-state index in [1.165, 1.54) is 0 Å². The van der Waals surface area contributed by atoms with Crippen molar-refractivity contribution in [1.29, 1.82) is 5.26 Å². The maximum atomic E-state index is 12.1. The van der Waals surface area contributed by atoms with Gasteiger partial charge in [0, 0.05) is 30.0 Å². The van der Waals surface area contributed by atoms with Crippen molar-refractivity contribution >= 4 is 17.3 Å². The number of benzene rings is 1. The number of nitrogen functional groups attached to an aromatic ring is 2. The molecule has 0 atom stereocenters. The highest BCUT2D eigenvalue weighted by Crippen LogP contribution is 2.15. The van der Waals surface area contributed by atoms with E-state index in [-0.39, 0.29) is 5.91 Å². The van der Waals surface area contributed by atoms with Gasteiger partial charge in [0.05, 0.1) is 12.5 Å². The van der Waals surface area contributed by atoms with Crippen LogP contribution in [0.1, 0.15) is 23.7 Å². The summed E-state index contributed by atoms with van der Waals surface area (Å²) in [6.07, 6.45) is 0.317. The van der Waals surface area contributed by atoms with Gasteiger partial charge in [0.1, 0.15) is 0 Å². The Morgan fingerprint density at radius 3 is 2.41 bits per heavy atom. The molecule has 0 heterocycles. The highest BCUT2D eigenvalue weighted by Gasteiger charge is 2.14. The van der Waals surface area contributed by atoms with E-state index in [9.17, 15) is 4.79 Å². The van der Waals surface area contributed by atoms with Gasteiger partial charge >= 0.3 is 0 Å². The number of hydrogen-bond acceptors (Lipinski definition) is 4. The predicted octanol–water partition coefficient (Wildman–Crippen LogP) is 1.23. The standard InChI is InChI=1S/C12H16N4O/c1-2-16(5-3-4-13)12(17)9-6-10(14)8-11(15)7-9/h6-8H,2-3,5,14-15H2,1H3. The number of anilines is 2. The first-order valence-corrected chi connectivity index (χ1v) is 5.40. The van der Waals surface area contributed by atoms with E-state index in [0.717, 1.165) is 0 Å². The third kappa shape index (κ3) is 3.38. The quantitative estimate of drug-likeness (QED) is 0.763. The Kier molecular flexibility index (Phi) is 4.35. The second-order valence-corrected chi connectivity index (χ2v) is 3.68. The first-order valence-electron chi connectivity index (χ1n) is 5.40. The molecule has 1 amide bonds. The Morgan fingerprint density at radius 2 is 1.94 bits per heavy atom. The molecule has 0 fully saturated rings. The van der Waals surface area contributed by atoms with Crippen LogP contribution >= 0.6 is 0 Å². The molecule has 0 aromatic heterocycles. The van der Waals surface area contributed by atoms with Gasteiger partial charge in [0.15, 0.2) is 0 Å². The van der Waals surface area contributed by atoms with Crippen molar-refractivity contribution in [2.75, 3.05) is 24.6 Å². The lowest BCUT2D eigenvalue weighted by molar-refractivity contribution is 0.0768. The summed E-state index contributed by atoms with van der Waals surface area (Å²) in [5.74, 6) is -0.151. The molecule has 4 N–H and O–H groups in total. The van der Waals surface area contributed by atoms with Gasteiger partial charge < -0.3 is 16.4 Å². The van der Waals surface area contributed by atoms with Crippen LogP contribution in [0.25, 0.3) is 0 Å². The predicted molar refractivity (Wildman–Crippen MR) is 67.1 cm³/mol. The molecule has 5 heteroatoms. The van der Waals surface area contributed by atoms with Crippen LogP contribution in [0, 0.1) is 11.3 Å². The molecule has 0 saturated heterocycles. The molecule has 0 aliphatic heterocycles. The summed E-state index contributed by atoms with van der Waals surface area (Å²) in [5.41, 5.74) is 12.7. The van der Waals surface area contributed by atoms with Gasteiger partial charge in [0.25, 0.3) is 5.91 Å². The first kappa shape index (κ1) is 12.8. The second-order valence-electron chi connectivity index (χ2n) is 3.68. The van der Waals surface area contributed by atoms with E-state index >= 15 is 0 Å². The fourth-order valence-electron chi connectivity index (χ4n) is 1.57. The minimum absolute atomic E-state index is 0.151. The highest BCUT2D eigenvalue weighted by molar-refractivity contribution is 5.96. The minimum Gasteiger partial charge on any atom is -0.399 e. The zero-order chi connectivity index (χ0) is 12.8. The van der Waals surface area contributed by atoms with Crippen molar-refractivity contribution in [2.45, 2.75) is 13.3 Å². The molecule has 0 bridgehead atoms. The second kappa shape index (κ2) is 5.75. The van der Waals surface area contributed by atoms with Gasteiger partial charge in [-0.25, -0.2) is 0 Å². The van der Waals surface area contributed by atoms with Crippen LogP contribution in [-0.2, 0) is 0 Å². The Bertz CT molecular complexity index is 430. The van der Waals surface area contributed by atoms with Crippen molar-refractivity contribution in [3.05, 3.63) is 23.8 Å². The van der Waals surface area contributed by atoms with E-state index in [1.54, 1.807) is 23.1 Å². The molecule has 0 aliphatic rings. The largest absolute Gasteiger partial charge is 0.399 e. The van der Waals surface area contributed by atoms with Crippen LogP contribution in [0.2, 0.25) is 0 Å². The molecule has 0 saturated carbocycles. The molecule has 90 valence electrons. The molecule has 1 aromatic rings. The molecular weight excluding hydrogens is 216 g/mol. The lowest BCUT2D eigenvalue weighted by atomic mass is 10.1. The number of carbonyl (C=O) groups excluding carboxylic acids is 1. The highest BCUT2D eigenvalue weighted by atomic mass is 16.2. The third-order valence-electron chi connectivity index (χ3n) is 2.39. The smallest absolute Gasteiger partial charge is 0.254 e. The summed E-state index contributed by atoms with van der Waals surface area (Å²) >= 11 is 0. The van der Waals surface area contributed by atoms with Crippen LogP contribution < -0.4 is 11.5 Å². The van der Waals surface area contributed by atoms with Gasteiger partial charge in [0.2, 0.25) is 0 Å². The van der Waals surface area contributed by atoms with Crippen LogP contribution in [0.3, 0.4) is 0 Å². The number of hydrogen-bond donors (Lipinski definition) is 2. The molecule has 17 heavy (non-hydrogen) atoms. The number of carbonyl (C=O) groups is 1. The maximum Gasteiger partial charge on any atom is 0.254 e. The summed E-state index contributed by atoms with van der Waals surface area (Å²) in [4.78, 5) is 13.7. The zero-order valence-electron chi connectivity index (χ0n) is 9.81. The van der Waals surface area contributed by atoms with Gasteiger partial charge in [-0.05, 0) is 25.1 Å². The van der Waals surface area contributed by atoms with Crippen LogP contribution in [-0.4, -0.2) is 23.9 Å². The first-order chi connectivity index (χ1) is 8.08. The summed E-state index contributed by atoms with van der Waals surface area (Å²) in [5, 5.41) is 8.52. The summed E-state index contributed by atoms with van der Waals surface area (Å²) in [7, 11) is 0. The molecule has 5 nitrogen and oxygen atoms in total. The van der Waals surface area contributed by atoms with Crippen molar-refractivity contribution < 1.29 is 4.79 Å².